The summed E-state index contributed by atoms with van der Waals surface area (Å²) in [5, 5.41) is 0. The van der Waals surface area contributed by atoms with E-state index in [-0.39, 0.29) is 11.0 Å². The Kier molecular flexibility index (Phi) is 5.83. The van der Waals surface area contributed by atoms with Crippen LogP contribution in [0.25, 0.3) is 0 Å². The van der Waals surface area contributed by atoms with Crippen molar-refractivity contribution in [1.82, 2.24) is 4.72 Å². The first kappa shape index (κ1) is 17.2. The average molecular weight is 327 g/mol. The summed E-state index contributed by atoms with van der Waals surface area (Å²) < 4.78 is 38.9. The summed E-state index contributed by atoms with van der Waals surface area (Å²) in [6.07, 6.45) is 2.69. The Morgan fingerprint density at radius 2 is 2.05 bits per heavy atom. The molecule has 0 aromatic heterocycles. The van der Waals surface area contributed by atoms with Gasteiger partial charge in [-0.25, -0.2) is 13.1 Å². The van der Waals surface area contributed by atoms with Gasteiger partial charge in [-0.3, -0.25) is 0 Å². The number of hydrogen-bond donors (Lipinski definition) is 1. The second kappa shape index (κ2) is 7.44. The number of ether oxygens (including phenoxy) is 2. The lowest BCUT2D eigenvalue weighted by Gasteiger charge is -2.16. The van der Waals surface area contributed by atoms with E-state index in [4.69, 9.17) is 9.47 Å². The second-order valence-electron chi connectivity index (χ2n) is 5.72. The standard InChI is InChI=1S/C16H25NO4S/c1-4-7-21-15-9-12(2)13(3)10-16(15)22(18,19)17-11-14-6-5-8-20-14/h9-10,14,17H,4-8,11H2,1-3H3/t14-/m1/s1. The van der Waals surface area contributed by atoms with Crippen LogP contribution in [0.3, 0.4) is 0 Å². The van der Waals surface area contributed by atoms with Gasteiger partial charge in [-0.2, -0.15) is 0 Å². The summed E-state index contributed by atoms with van der Waals surface area (Å²) in [7, 11) is -3.60. The summed E-state index contributed by atoms with van der Waals surface area (Å²) in [5.41, 5.74) is 1.95. The fourth-order valence-electron chi connectivity index (χ4n) is 2.38. The van der Waals surface area contributed by atoms with Gasteiger partial charge in [-0.15, -0.1) is 0 Å². The minimum atomic E-state index is -3.60. The lowest BCUT2D eigenvalue weighted by atomic mass is 10.1. The van der Waals surface area contributed by atoms with Gasteiger partial charge in [-0.05, 0) is 56.4 Å². The molecule has 1 aromatic carbocycles. The van der Waals surface area contributed by atoms with E-state index in [0.717, 1.165) is 30.4 Å². The predicted molar refractivity (Wildman–Crippen MR) is 85.9 cm³/mol. The topological polar surface area (TPSA) is 64.6 Å². The number of nitrogens with one attached hydrogen (secondary N) is 1. The third-order valence-corrected chi connectivity index (χ3v) is 5.28. The van der Waals surface area contributed by atoms with Crippen LogP contribution in [0.1, 0.15) is 37.3 Å². The maximum atomic E-state index is 12.6. The molecule has 0 radical (unpaired) electrons. The van der Waals surface area contributed by atoms with Crippen molar-refractivity contribution < 1.29 is 17.9 Å². The fourth-order valence-corrected chi connectivity index (χ4v) is 3.66. The molecule has 1 heterocycles. The van der Waals surface area contributed by atoms with E-state index in [1.165, 1.54) is 0 Å². The molecule has 0 saturated carbocycles. The van der Waals surface area contributed by atoms with Crippen molar-refractivity contribution in [2.45, 2.75) is 51.0 Å². The molecule has 0 aliphatic carbocycles. The van der Waals surface area contributed by atoms with Crippen molar-refractivity contribution in [3.63, 3.8) is 0 Å². The van der Waals surface area contributed by atoms with Crippen LogP contribution in [0.15, 0.2) is 17.0 Å². The zero-order valence-electron chi connectivity index (χ0n) is 13.5. The van der Waals surface area contributed by atoms with Crippen molar-refractivity contribution >= 4 is 10.0 Å². The molecule has 1 aliphatic rings. The monoisotopic (exact) mass is 327 g/mol. The molecular weight excluding hydrogens is 302 g/mol. The van der Waals surface area contributed by atoms with E-state index in [1.54, 1.807) is 12.1 Å². The Bertz CT molecular complexity index is 607. The van der Waals surface area contributed by atoms with Gasteiger partial charge in [0.1, 0.15) is 10.6 Å². The van der Waals surface area contributed by atoms with Gasteiger partial charge in [0.15, 0.2) is 0 Å². The van der Waals surface area contributed by atoms with E-state index in [0.29, 0.717) is 25.5 Å². The molecule has 1 atom stereocenters. The largest absolute Gasteiger partial charge is 0.492 e. The Balaban J connectivity index is 2.21. The Labute approximate surface area is 133 Å². The zero-order chi connectivity index (χ0) is 16.2. The van der Waals surface area contributed by atoms with Gasteiger partial charge in [0.2, 0.25) is 10.0 Å². The van der Waals surface area contributed by atoms with Crippen molar-refractivity contribution in [3.05, 3.63) is 23.3 Å². The Morgan fingerprint density at radius 3 is 2.68 bits per heavy atom. The average Bonchev–Trinajstić information content (AvgIpc) is 2.99. The van der Waals surface area contributed by atoms with Crippen molar-refractivity contribution in [3.8, 4) is 5.75 Å². The highest BCUT2D eigenvalue weighted by Crippen LogP contribution is 2.28. The molecular formula is C16H25NO4S. The molecule has 5 nitrogen and oxygen atoms in total. The number of aryl methyl sites for hydroxylation is 2. The van der Waals surface area contributed by atoms with E-state index in [9.17, 15) is 8.42 Å². The number of rotatable bonds is 7. The molecule has 1 aromatic rings. The maximum Gasteiger partial charge on any atom is 0.244 e. The van der Waals surface area contributed by atoms with Crippen LogP contribution in [0, 0.1) is 13.8 Å². The molecule has 0 spiro atoms. The summed E-state index contributed by atoms with van der Waals surface area (Å²) in [4.78, 5) is 0.210. The molecule has 2 rings (SSSR count). The Morgan fingerprint density at radius 1 is 1.32 bits per heavy atom. The van der Waals surface area contributed by atoms with E-state index in [1.807, 2.05) is 20.8 Å². The Hall–Kier alpha value is -1.11. The van der Waals surface area contributed by atoms with Crippen LogP contribution >= 0.6 is 0 Å². The zero-order valence-corrected chi connectivity index (χ0v) is 14.3. The minimum absolute atomic E-state index is 0.0265. The highest BCUT2D eigenvalue weighted by Gasteiger charge is 2.24. The summed E-state index contributed by atoms with van der Waals surface area (Å²) in [6.45, 7) is 7.35. The summed E-state index contributed by atoms with van der Waals surface area (Å²) >= 11 is 0. The van der Waals surface area contributed by atoms with Gasteiger partial charge in [0.25, 0.3) is 0 Å². The first-order chi connectivity index (χ1) is 10.4. The van der Waals surface area contributed by atoms with Gasteiger partial charge in [-0.1, -0.05) is 6.92 Å². The summed E-state index contributed by atoms with van der Waals surface area (Å²) in [6, 6.07) is 3.48. The van der Waals surface area contributed by atoms with Crippen molar-refractivity contribution in [2.75, 3.05) is 19.8 Å². The van der Waals surface area contributed by atoms with Gasteiger partial charge >= 0.3 is 0 Å². The molecule has 0 amide bonds. The van der Waals surface area contributed by atoms with E-state index in [2.05, 4.69) is 4.72 Å². The number of benzene rings is 1. The first-order valence-corrected chi connectivity index (χ1v) is 9.27. The lowest BCUT2D eigenvalue weighted by molar-refractivity contribution is 0.114. The van der Waals surface area contributed by atoms with Crippen molar-refractivity contribution in [2.24, 2.45) is 0 Å². The van der Waals surface area contributed by atoms with Crippen molar-refractivity contribution in [1.29, 1.82) is 0 Å². The SMILES string of the molecule is CCCOc1cc(C)c(C)cc1S(=O)(=O)NC[C@H]1CCCO1. The fraction of sp³-hybridized carbons (Fsp3) is 0.625. The molecule has 1 fully saturated rings. The minimum Gasteiger partial charge on any atom is -0.492 e. The van der Waals surface area contributed by atoms with Gasteiger partial charge in [0.05, 0.1) is 12.7 Å². The van der Waals surface area contributed by atoms with Crippen LogP contribution in [-0.4, -0.2) is 34.3 Å². The quantitative estimate of drug-likeness (QED) is 0.836. The molecule has 22 heavy (non-hydrogen) atoms. The predicted octanol–water partition coefficient (Wildman–Crippen LogP) is 2.55. The number of hydrogen-bond acceptors (Lipinski definition) is 4. The molecule has 1 aliphatic heterocycles. The molecule has 1 N–H and O–H groups in total. The molecule has 6 heteroatoms. The van der Waals surface area contributed by atoms with Gasteiger partial charge < -0.3 is 9.47 Å². The highest BCUT2D eigenvalue weighted by atomic mass is 32.2. The number of sulfonamides is 1. The first-order valence-electron chi connectivity index (χ1n) is 7.79. The van der Waals surface area contributed by atoms with E-state index < -0.39 is 10.0 Å². The summed E-state index contributed by atoms with van der Waals surface area (Å²) in [5.74, 6) is 0.421. The van der Waals surface area contributed by atoms with Crippen LogP contribution in [0.5, 0.6) is 5.75 Å². The third-order valence-electron chi connectivity index (χ3n) is 3.84. The van der Waals surface area contributed by atoms with Crippen LogP contribution in [0.4, 0.5) is 0 Å². The smallest absolute Gasteiger partial charge is 0.244 e. The van der Waals surface area contributed by atoms with E-state index >= 15 is 0 Å². The van der Waals surface area contributed by atoms with Gasteiger partial charge in [0, 0.05) is 13.2 Å². The lowest BCUT2D eigenvalue weighted by Crippen LogP contribution is -2.32. The van der Waals surface area contributed by atoms with Crippen LogP contribution < -0.4 is 9.46 Å². The highest BCUT2D eigenvalue weighted by molar-refractivity contribution is 7.89. The normalized spacial score (nSPS) is 18.6. The third kappa shape index (κ3) is 4.21. The van der Waals surface area contributed by atoms with Crippen LogP contribution in [0.2, 0.25) is 0 Å². The molecule has 0 unspecified atom stereocenters. The molecule has 1 saturated heterocycles. The molecule has 0 bridgehead atoms. The maximum absolute atomic E-state index is 12.6. The molecule has 124 valence electrons. The van der Waals surface area contributed by atoms with Crippen LogP contribution in [-0.2, 0) is 14.8 Å². The second-order valence-corrected chi connectivity index (χ2v) is 7.45.